The quantitative estimate of drug-likeness (QED) is 0.464. The van der Waals surface area contributed by atoms with E-state index in [1.165, 1.54) is 51.4 Å². The minimum Gasteiger partial charge on any atom is -0.299 e. The fourth-order valence-corrected chi connectivity index (χ4v) is 10.7. The molecule has 5 aliphatic rings. The smallest absolute Gasteiger partial charge is 0.136 e. The minimum atomic E-state index is 0.178. The van der Waals surface area contributed by atoms with Crippen molar-refractivity contribution in [3.05, 3.63) is 0 Å². The molecule has 0 unspecified atom stereocenters. The topological polar surface area (TPSA) is 34.1 Å². The molecule has 0 radical (unpaired) electrons. The highest BCUT2D eigenvalue weighted by Crippen LogP contribution is 2.88. The van der Waals surface area contributed by atoms with Crippen LogP contribution in [0.5, 0.6) is 0 Å². The van der Waals surface area contributed by atoms with Crippen molar-refractivity contribution in [2.45, 2.75) is 112 Å². The SMILES string of the molecule is CC(C)C(=O)CC[C@@H](C)[C@H]1CC[C@@]2(C)[C@@H]3CC[C@H]4[C@H](C)C(=O)CC[C@@]45C[C@@]35CC[C@]12C. The molecule has 0 aromatic heterocycles. The van der Waals surface area contributed by atoms with Crippen molar-refractivity contribution in [3.8, 4) is 0 Å². The van der Waals surface area contributed by atoms with Crippen LogP contribution in [-0.4, -0.2) is 11.6 Å². The van der Waals surface area contributed by atoms with Gasteiger partial charge < -0.3 is 0 Å². The van der Waals surface area contributed by atoms with E-state index < -0.39 is 0 Å². The van der Waals surface area contributed by atoms with E-state index in [2.05, 4.69) is 27.7 Å². The van der Waals surface area contributed by atoms with Gasteiger partial charge in [-0.25, -0.2) is 0 Å². The standard InChI is InChI=1S/C29H46O2/c1-18(2)23(30)9-7-19(3)21-11-13-27(6)25-10-8-22-20(4)24(31)12-14-28(22)17-29(25,28)16-15-26(21,27)5/h18-22,25H,7-17H2,1-6H3/t19-,20+,21-,22+,25+,26-,27+,28-,29+/m1/s1. The lowest BCUT2D eigenvalue weighted by molar-refractivity contribution is -0.146. The van der Waals surface area contributed by atoms with Crippen LogP contribution in [0.1, 0.15) is 112 Å². The van der Waals surface area contributed by atoms with E-state index in [4.69, 9.17) is 0 Å². The molecular weight excluding hydrogens is 380 g/mol. The summed E-state index contributed by atoms with van der Waals surface area (Å²) in [4.78, 5) is 24.8. The van der Waals surface area contributed by atoms with Crippen molar-refractivity contribution >= 4 is 11.6 Å². The second-order valence-electron chi connectivity index (χ2n) is 13.6. The summed E-state index contributed by atoms with van der Waals surface area (Å²) in [6.45, 7) is 14.1. The van der Waals surface area contributed by atoms with Crippen molar-refractivity contribution in [3.63, 3.8) is 0 Å². The molecular formula is C29H46O2. The van der Waals surface area contributed by atoms with Gasteiger partial charge in [0.15, 0.2) is 0 Å². The first kappa shape index (κ1) is 22.1. The molecule has 5 rings (SSSR count). The number of fused-ring (bicyclic) bond motifs is 2. The molecule has 2 heteroatoms. The number of hydrogen-bond donors (Lipinski definition) is 0. The van der Waals surface area contributed by atoms with Gasteiger partial charge in [-0.05, 0) is 103 Å². The van der Waals surface area contributed by atoms with Gasteiger partial charge in [0.25, 0.3) is 0 Å². The number of ketones is 2. The molecule has 0 aromatic rings. The fraction of sp³-hybridized carbons (Fsp3) is 0.931. The zero-order chi connectivity index (χ0) is 22.4. The summed E-state index contributed by atoms with van der Waals surface area (Å²) in [6, 6.07) is 0. The number of hydrogen-bond acceptors (Lipinski definition) is 2. The first-order chi connectivity index (χ1) is 14.5. The van der Waals surface area contributed by atoms with Crippen LogP contribution in [0.25, 0.3) is 0 Å². The van der Waals surface area contributed by atoms with Crippen LogP contribution >= 0.6 is 0 Å². The molecule has 31 heavy (non-hydrogen) atoms. The molecule has 2 nitrogen and oxygen atoms in total. The highest BCUT2D eigenvalue weighted by molar-refractivity contribution is 5.82. The molecule has 9 atom stereocenters. The summed E-state index contributed by atoms with van der Waals surface area (Å²) >= 11 is 0. The average molecular weight is 427 g/mol. The van der Waals surface area contributed by atoms with Crippen molar-refractivity contribution in [2.24, 2.45) is 57.2 Å². The van der Waals surface area contributed by atoms with Crippen LogP contribution in [-0.2, 0) is 9.59 Å². The molecule has 174 valence electrons. The van der Waals surface area contributed by atoms with Crippen molar-refractivity contribution in [1.29, 1.82) is 0 Å². The highest BCUT2D eigenvalue weighted by atomic mass is 16.1. The second-order valence-corrected chi connectivity index (χ2v) is 13.6. The summed E-state index contributed by atoms with van der Waals surface area (Å²) < 4.78 is 0. The molecule has 5 aliphatic carbocycles. The Labute approximate surface area is 190 Å². The van der Waals surface area contributed by atoms with E-state index in [-0.39, 0.29) is 5.92 Å². The zero-order valence-corrected chi connectivity index (χ0v) is 21.1. The van der Waals surface area contributed by atoms with Gasteiger partial charge >= 0.3 is 0 Å². The molecule has 0 heterocycles. The maximum Gasteiger partial charge on any atom is 0.136 e. The third-order valence-corrected chi connectivity index (χ3v) is 12.7. The Hall–Kier alpha value is -0.660. The van der Waals surface area contributed by atoms with Crippen LogP contribution < -0.4 is 0 Å². The van der Waals surface area contributed by atoms with E-state index in [0.29, 0.717) is 51.0 Å². The lowest BCUT2D eigenvalue weighted by Crippen LogP contribution is -2.55. The van der Waals surface area contributed by atoms with Gasteiger partial charge in [0.2, 0.25) is 0 Å². The molecule has 0 N–H and O–H groups in total. The molecule has 5 saturated carbocycles. The maximum absolute atomic E-state index is 12.5. The van der Waals surface area contributed by atoms with Crippen molar-refractivity contribution < 1.29 is 9.59 Å². The first-order valence-electron chi connectivity index (χ1n) is 13.6. The third kappa shape index (κ3) is 2.69. The van der Waals surface area contributed by atoms with Crippen molar-refractivity contribution in [2.75, 3.05) is 0 Å². The molecule has 0 aromatic carbocycles. The normalized spacial score (nSPS) is 51.5. The van der Waals surface area contributed by atoms with Gasteiger partial charge in [0.05, 0.1) is 0 Å². The minimum absolute atomic E-state index is 0.178. The van der Waals surface area contributed by atoms with Gasteiger partial charge in [0.1, 0.15) is 11.6 Å². The number of rotatable bonds is 5. The van der Waals surface area contributed by atoms with Crippen molar-refractivity contribution in [1.82, 2.24) is 0 Å². The van der Waals surface area contributed by atoms with Crippen LogP contribution in [0.2, 0.25) is 0 Å². The molecule has 0 amide bonds. The Bertz CT molecular complexity index is 784. The lowest BCUT2D eigenvalue weighted by atomic mass is 9.43. The van der Waals surface area contributed by atoms with E-state index in [1.807, 2.05) is 13.8 Å². The zero-order valence-electron chi connectivity index (χ0n) is 21.1. The molecule has 5 fully saturated rings. The predicted molar refractivity (Wildman–Crippen MR) is 126 cm³/mol. The number of carbonyl (C=O) groups excluding carboxylic acids is 2. The Morgan fingerprint density at radius 2 is 1.71 bits per heavy atom. The van der Waals surface area contributed by atoms with E-state index in [9.17, 15) is 9.59 Å². The molecule has 0 aliphatic heterocycles. The summed E-state index contributed by atoms with van der Waals surface area (Å²) in [5.41, 5.74) is 1.95. The lowest BCUT2D eigenvalue weighted by Gasteiger charge is -2.61. The first-order valence-corrected chi connectivity index (χ1v) is 13.6. The van der Waals surface area contributed by atoms with E-state index in [1.54, 1.807) is 0 Å². The van der Waals surface area contributed by atoms with Gasteiger partial charge in [-0.3, -0.25) is 9.59 Å². The summed E-state index contributed by atoms with van der Waals surface area (Å²) in [7, 11) is 0. The van der Waals surface area contributed by atoms with Gasteiger partial charge in [-0.1, -0.05) is 41.5 Å². The number of carbonyl (C=O) groups is 2. The maximum atomic E-state index is 12.5. The monoisotopic (exact) mass is 426 g/mol. The predicted octanol–water partition coefficient (Wildman–Crippen LogP) is 7.25. The Balaban J connectivity index is 1.38. The van der Waals surface area contributed by atoms with Crippen LogP contribution in [0, 0.1) is 57.2 Å². The second kappa shape index (κ2) is 6.92. The van der Waals surface area contributed by atoms with Gasteiger partial charge in [0, 0.05) is 24.7 Å². The van der Waals surface area contributed by atoms with E-state index >= 15 is 0 Å². The molecule has 0 saturated heterocycles. The van der Waals surface area contributed by atoms with Crippen LogP contribution in [0.4, 0.5) is 0 Å². The Morgan fingerprint density at radius 3 is 2.42 bits per heavy atom. The van der Waals surface area contributed by atoms with Crippen LogP contribution in [0.3, 0.4) is 0 Å². The summed E-state index contributed by atoms with van der Waals surface area (Å²) in [5, 5.41) is 0. The average Bonchev–Trinajstić information content (AvgIpc) is 3.31. The Kier molecular flexibility index (Phi) is 4.95. The summed E-state index contributed by atoms with van der Waals surface area (Å²) in [6.07, 6.45) is 13.5. The summed E-state index contributed by atoms with van der Waals surface area (Å²) in [5.74, 6) is 4.45. The van der Waals surface area contributed by atoms with Gasteiger partial charge in [-0.2, -0.15) is 0 Å². The van der Waals surface area contributed by atoms with Crippen LogP contribution in [0.15, 0.2) is 0 Å². The highest BCUT2D eigenvalue weighted by Gasteiger charge is 2.81. The molecule has 0 bridgehead atoms. The molecule has 2 spiro atoms. The fourth-order valence-electron chi connectivity index (χ4n) is 10.7. The third-order valence-electron chi connectivity index (χ3n) is 12.7. The largest absolute Gasteiger partial charge is 0.299 e. The number of Topliss-reactive ketones (excluding diaryl/α,β-unsaturated/α-hetero) is 2. The Morgan fingerprint density at radius 1 is 0.968 bits per heavy atom. The van der Waals surface area contributed by atoms with E-state index in [0.717, 1.165) is 31.1 Å². The van der Waals surface area contributed by atoms with Gasteiger partial charge in [-0.15, -0.1) is 0 Å².